The number of likely N-dealkylation sites (tertiary alicyclic amines) is 1. The molecule has 0 unspecified atom stereocenters. The minimum Gasteiger partial charge on any atom is -0.447 e. The molecule has 9 heteroatoms. The molecule has 2 aliphatic rings. The first kappa shape index (κ1) is 20.8. The molecule has 4 rings (SSSR count). The number of benzene rings is 2. The summed E-state index contributed by atoms with van der Waals surface area (Å²) in [4.78, 5) is 39.9. The highest BCUT2D eigenvalue weighted by Crippen LogP contribution is 2.25. The topological polar surface area (TPSA) is 79.0 Å². The van der Waals surface area contributed by atoms with Gasteiger partial charge in [-0.15, -0.1) is 0 Å². The maximum atomic E-state index is 13.9. The number of carbonyl (C=O) groups is 3. The second-order valence-electron chi connectivity index (χ2n) is 7.50. The molecule has 0 aromatic heterocycles. The van der Waals surface area contributed by atoms with Crippen molar-refractivity contribution in [2.75, 3.05) is 36.5 Å². The van der Waals surface area contributed by atoms with E-state index in [1.807, 2.05) is 0 Å². The number of carbonyl (C=O) groups excluding carboxylic acids is 3. The van der Waals surface area contributed by atoms with E-state index in [2.05, 4.69) is 5.32 Å². The van der Waals surface area contributed by atoms with Crippen molar-refractivity contribution in [2.24, 2.45) is 5.92 Å². The molecule has 162 valence electrons. The highest BCUT2D eigenvalue weighted by Gasteiger charge is 2.29. The lowest BCUT2D eigenvalue weighted by atomic mass is 9.95. The first-order chi connectivity index (χ1) is 14.9. The molecule has 0 radical (unpaired) electrons. The molecule has 0 atom stereocenters. The van der Waals surface area contributed by atoms with E-state index in [9.17, 15) is 23.2 Å². The largest absolute Gasteiger partial charge is 0.447 e. The van der Waals surface area contributed by atoms with Crippen LogP contribution in [-0.4, -0.2) is 49.0 Å². The van der Waals surface area contributed by atoms with Crippen LogP contribution in [0.3, 0.4) is 0 Å². The van der Waals surface area contributed by atoms with Crippen molar-refractivity contribution in [3.8, 4) is 0 Å². The highest BCUT2D eigenvalue weighted by atomic mass is 19.1. The summed E-state index contributed by atoms with van der Waals surface area (Å²) in [5.74, 6) is -2.63. The Balaban J connectivity index is 1.34. The van der Waals surface area contributed by atoms with Crippen molar-refractivity contribution in [1.82, 2.24) is 4.90 Å². The number of rotatable bonds is 4. The highest BCUT2D eigenvalue weighted by molar-refractivity contribution is 5.96. The number of nitrogens with one attached hydrogen (secondary N) is 1. The van der Waals surface area contributed by atoms with Gasteiger partial charge in [0, 0.05) is 36.4 Å². The molecule has 2 saturated heterocycles. The number of amides is 3. The second-order valence-corrected chi connectivity index (χ2v) is 7.50. The van der Waals surface area contributed by atoms with Gasteiger partial charge in [0.25, 0.3) is 5.91 Å². The van der Waals surface area contributed by atoms with Gasteiger partial charge in [-0.3, -0.25) is 14.5 Å². The summed E-state index contributed by atoms with van der Waals surface area (Å²) in [6.45, 7) is 1.38. The summed E-state index contributed by atoms with van der Waals surface area (Å²) in [6, 6.07) is 9.82. The van der Waals surface area contributed by atoms with Crippen molar-refractivity contribution in [1.29, 1.82) is 0 Å². The number of hydrogen-bond donors (Lipinski definition) is 1. The van der Waals surface area contributed by atoms with E-state index in [1.165, 1.54) is 9.80 Å². The Morgan fingerprint density at radius 2 is 1.81 bits per heavy atom. The third kappa shape index (κ3) is 4.50. The zero-order chi connectivity index (χ0) is 22.0. The molecule has 7 nitrogen and oxygen atoms in total. The molecule has 0 spiro atoms. The summed E-state index contributed by atoms with van der Waals surface area (Å²) >= 11 is 0. The summed E-state index contributed by atoms with van der Waals surface area (Å²) in [7, 11) is 0. The number of ether oxygens (including phenoxy) is 1. The van der Waals surface area contributed by atoms with E-state index in [-0.39, 0.29) is 17.4 Å². The second kappa shape index (κ2) is 8.71. The SMILES string of the molecule is O=C(Nc1cccc(N2CCOC2=O)c1)C1CCN(C(=O)c2ccc(F)cc2F)CC1. The molecular weight excluding hydrogens is 408 g/mol. The van der Waals surface area contributed by atoms with Crippen LogP contribution in [0.1, 0.15) is 23.2 Å². The van der Waals surface area contributed by atoms with Gasteiger partial charge in [-0.2, -0.15) is 0 Å². The fourth-order valence-electron chi connectivity index (χ4n) is 3.80. The zero-order valence-corrected chi connectivity index (χ0v) is 16.6. The Labute approximate surface area is 177 Å². The van der Waals surface area contributed by atoms with Crippen LogP contribution in [-0.2, 0) is 9.53 Å². The molecule has 1 N–H and O–H groups in total. The number of halogens is 2. The van der Waals surface area contributed by atoms with Crippen molar-refractivity contribution in [2.45, 2.75) is 12.8 Å². The standard InChI is InChI=1S/C22H21F2N3O4/c23-15-4-5-18(19(24)12-15)21(29)26-8-6-14(7-9-26)20(28)25-16-2-1-3-17(13-16)27-10-11-31-22(27)30/h1-5,12-14H,6-11H2,(H,25,28). The van der Waals surface area contributed by atoms with Crippen LogP contribution in [0.25, 0.3) is 0 Å². The van der Waals surface area contributed by atoms with E-state index in [0.29, 0.717) is 56.5 Å². The lowest BCUT2D eigenvalue weighted by Gasteiger charge is -2.31. The van der Waals surface area contributed by atoms with Crippen LogP contribution in [0.2, 0.25) is 0 Å². The van der Waals surface area contributed by atoms with Gasteiger partial charge in [0.2, 0.25) is 5.91 Å². The molecule has 0 saturated carbocycles. The molecule has 2 aliphatic heterocycles. The number of piperidine rings is 1. The van der Waals surface area contributed by atoms with E-state index in [0.717, 1.165) is 12.1 Å². The number of anilines is 2. The predicted octanol–water partition coefficient (Wildman–Crippen LogP) is 3.41. The third-order valence-electron chi connectivity index (χ3n) is 5.50. The van der Waals surface area contributed by atoms with Gasteiger partial charge in [-0.1, -0.05) is 6.07 Å². The Morgan fingerprint density at radius 1 is 1.03 bits per heavy atom. The van der Waals surface area contributed by atoms with Gasteiger partial charge in [0.1, 0.15) is 18.2 Å². The first-order valence-electron chi connectivity index (χ1n) is 10.0. The summed E-state index contributed by atoms with van der Waals surface area (Å²) in [5.41, 5.74) is 1.03. The Bertz CT molecular complexity index is 1020. The van der Waals surface area contributed by atoms with Crippen molar-refractivity contribution in [3.05, 3.63) is 59.7 Å². The van der Waals surface area contributed by atoms with Crippen LogP contribution in [0, 0.1) is 17.6 Å². The van der Waals surface area contributed by atoms with Crippen molar-refractivity contribution < 1.29 is 27.9 Å². The maximum absolute atomic E-state index is 13.9. The van der Waals surface area contributed by atoms with E-state index >= 15 is 0 Å². The van der Waals surface area contributed by atoms with E-state index < -0.39 is 23.6 Å². The number of hydrogen-bond acceptors (Lipinski definition) is 4. The molecule has 31 heavy (non-hydrogen) atoms. The van der Waals surface area contributed by atoms with Gasteiger partial charge in [0.05, 0.1) is 12.1 Å². The minimum atomic E-state index is -0.897. The number of nitrogens with zero attached hydrogens (tertiary/aromatic N) is 2. The zero-order valence-electron chi connectivity index (χ0n) is 16.6. The molecular formula is C22H21F2N3O4. The average molecular weight is 429 g/mol. The van der Waals surface area contributed by atoms with Crippen LogP contribution in [0.5, 0.6) is 0 Å². The molecule has 2 heterocycles. The smallest absolute Gasteiger partial charge is 0.414 e. The lowest BCUT2D eigenvalue weighted by molar-refractivity contribution is -0.121. The Hall–Kier alpha value is -3.49. The van der Waals surface area contributed by atoms with Gasteiger partial charge in [-0.05, 0) is 43.2 Å². The fourth-order valence-corrected chi connectivity index (χ4v) is 3.80. The summed E-state index contributed by atoms with van der Waals surface area (Å²) in [6.07, 6.45) is 0.440. The van der Waals surface area contributed by atoms with Gasteiger partial charge >= 0.3 is 6.09 Å². The van der Waals surface area contributed by atoms with Gasteiger partial charge < -0.3 is 15.0 Å². The predicted molar refractivity (Wildman–Crippen MR) is 109 cm³/mol. The van der Waals surface area contributed by atoms with Crippen LogP contribution in [0.4, 0.5) is 25.0 Å². The van der Waals surface area contributed by atoms with E-state index in [4.69, 9.17) is 4.74 Å². The van der Waals surface area contributed by atoms with Crippen LogP contribution in [0.15, 0.2) is 42.5 Å². The molecule has 3 amide bonds. The fraction of sp³-hybridized carbons (Fsp3) is 0.318. The Kier molecular flexibility index (Phi) is 5.83. The molecule has 0 aliphatic carbocycles. The number of cyclic esters (lactones) is 1. The van der Waals surface area contributed by atoms with Crippen molar-refractivity contribution in [3.63, 3.8) is 0 Å². The molecule has 2 aromatic carbocycles. The van der Waals surface area contributed by atoms with E-state index in [1.54, 1.807) is 24.3 Å². The monoisotopic (exact) mass is 429 g/mol. The molecule has 2 fully saturated rings. The molecule has 2 aromatic rings. The average Bonchev–Trinajstić information content (AvgIpc) is 3.19. The van der Waals surface area contributed by atoms with Gasteiger partial charge in [-0.25, -0.2) is 13.6 Å². The van der Waals surface area contributed by atoms with Crippen LogP contribution >= 0.6 is 0 Å². The normalized spacial score (nSPS) is 16.9. The quantitative estimate of drug-likeness (QED) is 0.808. The third-order valence-corrected chi connectivity index (χ3v) is 5.50. The Morgan fingerprint density at radius 3 is 2.48 bits per heavy atom. The lowest BCUT2D eigenvalue weighted by Crippen LogP contribution is -2.41. The van der Waals surface area contributed by atoms with Crippen LogP contribution < -0.4 is 10.2 Å². The summed E-state index contributed by atoms with van der Waals surface area (Å²) in [5, 5.41) is 2.86. The maximum Gasteiger partial charge on any atom is 0.414 e. The minimum absolute atomic E-state index is 0.179. The summed E-state index contributed by atoms with van der Waals surface area (Å²) < 4.78 is 31.9. The molecule has 0 bridgehead atoms. The first-order valence-corrected chi connectivity index (χ1v) is 10.0. The van der Waals surface area contributed by atoms with Gasteiger partial charge in [0.15, 0.2) is 0 Å². The van der Waals surface area contributed by atoms with Crippen molar-refractivity contribution >= 4 is 29.3 Å².